The summed E-state index contributed by atoms with van der Waals surface area (Å²) in [6, 6.07) is 6.63. The number of carbonyl (C=O) groups excluding carboxylic acids is 1. The first kappa shape index (κ1) is 13.1. The van der Waals surface area contributed by atoms with Crippen LogP contribution in [0.5, 0.6) is 0 Å². The molecule has 0 radical (unpaired) electrons. The Labute approximate surface area is 119 Å². The largest absolute Gasteiger partial charge is 0.480 e. The molecule has 0 unspecified atom stereocenters. The molecule has 104 valence electrons. The fraction of sp³-hybridized carbons (Fsp3) is 0.286. The molecule has 1 aromatic carbocycles. The first-order valence-electron chi connectivity index (χ1n) is 6.19. The fourth-order valence-electron chi connectivity index (χ4n) is 2.36. The van der Waals surface area contributed by atoms with Crippen LogP contribution in [0.1, 0.15) is 16.1 Å². The monoisotopic (exact) mass is 291 g/mol. The molecule has 1 aliphatic heterocycles. The van der Waals surface area contributed by atoms with E-state index in [2.05, 4.69) is 0 Å². The van der Waals surface area contributed by atoms with Gasteiger partial charge in [0.1, 0.15) is 11.6 Å². The molecule has 0 spiro atoms. The molecule has 20 heavy (non-hydrogen) atoms. The zero-order valence-electron chi connectivity index (χ0n) is 10.8. The number of amides is 1. The van der Waals surface area contributed by atoms with Crippen LogP contribution in [-0.4, -0.2) is 39.6 Å². The molecular formula is C14H13NO4S. The molecular weight excluding hydrogens is 278 g/mol. The topological polar surface area (TPSA) is 70.8 Å². The van der Waals surface area contributed by atoms with Gasteiger partial charge in [-0.2, -0.15) is 0 Å². The van der Waals surface area contributed by atoms with Crippen molar-refractivity contribution in [3.63, 3.8) is 0 Å². The number of aliphatic carboxylic acids is 1. The minimum absolute atomic E-state index is 0.236. The molecule has 6 heteroatoms. The van der Waals surface area contributed by atoms with Crippen molar-refractivity contribution in [3.8, 4) is 0 Å². The van der Waals surface area contributed by atoms with Crippen LogP contribution in [0.4, 0.5) is 0 Å². The molecule has 1 fully saturated rings. The SMILES string of the molecule is Cc1c(C(=O)N2CSC[C@H]2C(=O)O)oc2ccccc12. The van der Waals surface area contributed by atoms with Crippen LogP contribution < -0.4 is 0 Å². The van der Waals surface area contributed by atoms with Gasteiger partial charge in [0.2, 0.25) is 0 Å². The summed E-state index contributed by atoms with van der Waals surface area (Å²) in [6.07, 6.45) is 0. The van der Waals surface area contributed by atoms with Gasteiger partial charge in [0, 0.05) is 16.7 Å². The molecule has 0 aliphatic carbocycles. The number of hydrogen-bond donors (Lipinski definition) is 1. The van der Waals surface area contributed by atoms with Crippen molar-refractivity contribution in [3.05, 3.63) is 35.6 Å². The number of thioether (sulfide) groups is 1. The molecule has 5 nitrogen and oxygen atoms in total. The van der Waals surface area contributed by atoms with Gasteiger partial charge < -0.3 is 14.4 Å². The van der Waals surface area contributed by atoms with Gasteiger partial charge in [-0.25, -0.2) is 4.79 Å². The Morgan fingerprint density at radius 3 is 2.85 bits per heavy atom. The summed E-state index contributed by atoms with van der Waals surface area (Å²) in [6.45, 7) is 1.82. The highest BCUT2D eigenvalue weighted by atomic mass is 32.2. The van der Waals surface area contributed by atoms with E-state index in [4.69, 9.17) is 9.52 Å². The highest BCUT2D eigenvalue weighted by Crippen LogP contribution is 2.29. The van der Waals surface area contributed by atoms with Crippen molar-refractivity contribution < 1.29 is 19.1 Å². The number of fused-ring (bicyclic) bond motifs is 1. The third kappa shape index (κ3) is 1.96. The van der Waals surface area contributed by atoms with Crippen LogP contribution in [0.25, 0.3) is 11.0 Å². The molecule has 0 saturated carbocycles. The maximum Gasteiger partial charge on any atom is 0.327 e. The molecule has 1 saturated heterocycles. The van der Waals surface area contributed by atoms with E-state index in [1.54, 1.807) is 6.07 Å². The van der Waals surface area contributed by atoms with Crippen molar-refractivity contribution in [2.45, 2.75) is 13.0 Å². The van der Waals surface area contributed by atoms with E-state index in [1.165, 1.54) is 16.7 Å². The van der Waals surface area contributed by atoms with E-state index in [9.17, 15) is 9.59 Å². The second-order valence-electron chi connectivity index (χ2n) is 4.68. The smallest absolute Gasteiger partial charge is 0.327 e. The number of carboxylic acid groups (broad SMARTS) is 1. The second-order valence-corrected chi connectivity index (χ2v) is 5.68. The summed E-state index contributed by atoms with van der Waals surface area (Å²) >= 11 is 1.44. The lowest BCUT2D eigenvalue weighted by Gasteiger charge is -2.19. The second kappa shape index (κ2) is 4.86. The lowest BCUT2D eigenvalue weighted by Crippen LogP contribution is -2.41. The van der Waals surface area contributed by atoms with Gasteiger partial charge in [-0.1, -0.05) is 18.2 Å². The molecule has 2 aromatic rings. The Hall–Kier alpha value is -1.95. The molecule has 1 amide bonds. The van der Waals surface area contributed by atoms with Crippen LogP contribution in [0.3, 0.4) is 0 Å². The van der Waals surface area contributed by atoms with Crippen molar-refractivity contribution in [2.24, 2.45) is 0 Å². The number of furan rings is 1. The lowest BCUT2D eigenvalue weighted by atomic mass is 10.1. The zero-order valence-corrected chi connectivity index (χ0v) is 11.6. The van der Waals surface area contributed by atoms with Gasteiger partial charge in [0.15, 0.2) is 5.76 Å². The highest BCUT2D eigenvalue weighted by molar-refractivity contribution is 7.99. The van der Waals surface area contributed by atoms with Crippen LogP contribution in [0.2, 0.25) is 0 Å². The first-order valence-corrected chi connectivity index (χ1v) is 7.34. The van der Waals surface area contributed by atoms with Crippen molar-refractivity contribution in [1.29, 1.82) is 0 Å². The third-order valence-corrected chi connectivity index (χ3v) is 4.48. The summed E-state index contributed by atoms with van der Waals surface area (Å²) in [5.41, 5.74) is 1.40. The quantitative estimate of drug-likeness (QED) is 0.919. The van der Waals surface area contributed by atoms with Gasteiger partial charge in [-0.15, -0.1) is 11.8 Å². The minimum Gasteiger partial charge on any atom is -0.480 e. The molecule has 3 rings (SSSR count). The molecule has 1 aliphatic rings. The Morgan fingerprint density at radius 2 is 2.15 bits per heavy atom. The van der Waals surface area contributed by atoms with E-state index in [1.807, 2.05) is 25.1 Å². The van der Waals surface area contributed by atoms with Crippen LogP contribution in [0.15, 0.2) is 28.7 Å². The van der Waals surface area contributed by atoms with Gasteiger partial charge >= 0.3 is 5.97 Å². The van der Waals surface area contributed by atoms with Gasteiger partial charge in [-0.3, -0.25) is 4.79 Å². The molecule has 1 aromatic heterocycles. The van der Waals surface area contributed by atoms with Crippen LogP contribution in [-0.2, 0) is 4.79 Å². The van der Waals surface area contributed by atoms with Gasteiger partial charge in [0.05, 0.1) is 5.88 Å². The Kier molecular flexibility index (Phi) is 3.17. The maximum absolute atomic E-state index is 12.5. The fourth-order valence-corrected chi connectivity index (χ4v) is 3.50. The Bertz CT molecular complexity index is 694. The Balaban J connectivity index is 2.00. The number of para-hydroxylation sites is 1. The number of rotatable bonds is 2. The van der Waals surface area contributed by atoms with Gasteiger partial charge in [0.25, 0.3) is 5.91 Å². The summed E-state index contributed by atoms with van der Waals surface area (Å²) in [5, 5.41) is 10.0. The summed E-state index contributed by atoms with van der Waals surface area (Å²) in [7, 11) is 0. The summed E-state index contributed by atoms with van der Waals surface area (Å²) < 4.78 is 5.61. The first-order chi connectivity index (χ1) is 9.59. The third-order valence-electron chi connectivity index (χ3n) is 3.47. The van der Waals surface area contributed by atoms with E-state index in [0.29, 0.717) is 17.2 Å². The molecule has 0 bridgehead atoms. The molecule has 2 heterocycles. The van der Waals surface area contributed by atoms with Crippen molar-refractivity contribution in [1.82, 2.24) is 4.90 Å². The number of carboxylic acids is 1. The number of benzene rings is 1. The zero-order chi connectivity index (χ0) is 14.3. The Morgan fingerprint density at radius 1 is 1.40 bits per heavy atom. The van der Waals surface area contributed by atoms with Gasteiger partial charge in [-0.05, 0) is 13.0 Å². The number of hydrogen-bond acceptors (Lipinski definition) is 4. The molecule has 1 N–H and O–H groups in total. The van der Waals surface area contributed by atoms with E-state index >= 15 is 0 Å². The number of nitrogens with zero attached hydrogens (tertiary/aromatic N) is 1. The number of aryl methyl sites for hydroxylation is 1. The predicted molar refractivity (Wildman–Crippen MR) is 75.9 cm³/mol. The highest BCUT2D eigenvalue weighted by Gasteiger charge is 2.37. The van der Waals surface area contributed by atoms with E-state index in [0.717, 1.165) is 10.9 Å². The van der Waals surface area contributed by atoms with Crippen molar-refractivity contribution >= 4 is 34.6 Å². The normalized spacial score (nSPS) is 18.6. The summed E-state index contributed by atoms with van der Waals surface area (Å²) in [4.78, 5) is 25.0. The van der Waals surface area contributed by atoms with Crippen LogP contribution >= 0.6 is 11.8 Å². The van der Waals surface area contributed by atoms with Crippen LogP contribution in [0, 0.1) is 6.92 Å². The standard InChI is InChI=1S/C14H13NO4S/c1-8-9-4-2-3-5-11(9)19-12(8)13(16)15-7-20-6-10(15)14(17)18/h2-5,10H,6-7H2,1H3,(H,17,18)/t10-/m0/s1. The van der Waals surface area contributed by atoms with Crippen molar-refractivity contribution in [2.75, 3.05) is 11.6 Å². The minimum atomic E-state index is -0.975. The van der Waals surface area contributed by atoms with E-state index in [-0.39, 0.29) is 11.7 Å². The number of carbonyl (C=O) groups is 2. The summed E-state index contributed by atoms with van der Waals surface area (Å²) in [5.74, 6) is -0.291. The predicted octanol–water partition coefficient (Wildman–Crippen LogP) is 2.34. The lowest BCUT2D eigenvalue weighted by molar-refractivity contribution is -0.140. The average Bonchev–Trinajstić information content (AvgIpc) is 3.04. The average molecular weight is 291 g/mol. The molecule has 1 atom stereocenters. The van der Waals surface area contributed by atoms with E-state index < -0.39 is 12.0 Å². The maximum atomic E-state index is 12.5.